The van der Waals surface area contributed by atoms with Crippen molar-refractivity contribution >= 4 is 8.69 Å². The first kappa shape index (κ1) is 12.8. The number of halogens is 1. The van der Waals surface area contributed by atoms with Crippen LogP contribution in [0.15, 0.2) is 48.5 Å². The van der Waals surface area contributed by atoms with Crippen molar-refractivity contribution < 1.29 is 13.2 Å². The molecule has 0 aliphatic rings. The van der Waals surface area contributed by atoms with Crippen molar-refractivity contribution in [3.8, 4) is 11.5 Å². The zero-order valence-corrected chi connectivity index (χ0v) is 11.2. The van der Waals surface area contributed by atoms with Crippen LogP contribution in [0.25, 0.3) is 0 Å². The molecule has 0 N–H and O–H groups in total. The van der Waals surface area contributed by atoms with Gasteiger partial charge in [-0.1, -0.05) is 24.3 Å². The highest BCUT2D eigenvalue weighted by molar-refractivity contribution is 7.42. The second kappa shape index (κ2) is 5.83. The van der Waals surface area contributed by atoms with Crippen LogP contribution in [-0.2, 0) is 0 Å². The summed E-state index contributed by atoms with van der Waals surface area (Å²) in [5, 5.41) is 0. The van der Waals surface area contributed by atoms with Crippen LogP contribution in [0.5, 0.6) is 11.5 Å². The molecule has 2 aromatic carbocycles. The van der Waals surface area contributed by atoms with Crippen molar-refractivity contribution in [3.63, 3.8) is 0 Å². The second-order valence-corrected chi connectivity index (χ2v) is 4.82. The zero-order valence-electron chi connectivity index (χ0n) is 10.3. The van der Waals surface area contributed by atoms with Crippen molar-refractivity contribution in [1.82, 2.24) is 0 Å². The summed E-state index contributed by atoms with van der Waals surface area (Å²) < 4.78 is 23.9. The minimum atomic E-state index is -2.46. The second-order valence-electron chi connectivity index (χ2n) is 4.03. The smallest absolute Gasteiger partial charge is 0.415 e. The molecule has 18 heavy (non-hydrogen) atoms. The number of hydrogen-bond donors (Lipinski definition) is 0. The molecule has 2 nitrogen and oxygen atoms in total. The number of aryl methyl sites for hydroxylation is 2. The molecule has 0 aromatic heterocycles. The van der Waals surface area contributed by atoms with Crippen LogP contribution in [0.2, 0.25) is 0 Å². The molecule has 0 unspecified atom stereocenters. The lowest BCUT2D eigenvalue weighted by Gasteiger charge is -2.11. The molecule has 2 aromatic rings. The Morgan fingerprint density at radius 1 is 0.833 bits per heavy atom. The fourth-order valence-electron chi connectivity index (χ4n) is 1.53. The van der Waals surface area contributed by atoms with Gasteiger partial charge >= 0.3 is 8.69 Å². The van der Waals surface area contributed by atoms with Crippen LogP contribution >= 0.6 is 8.69 Å². The average molecular weight is 264 g/mol. The maximum atomic E-state index is 13.7. The van der Waals surface area contributed by atoms with Crippen molar-refractivity contribution in [2.45, 2.75) is 13.8 Å². The third-order valence-electron chi connectivity index (χ3n) is 2.33. The normalized spacial score (nSPS) is 10.4. The summed E-state index contributed by atoms with van der Waals surface area (Å²) in [6.07, 6.45) is 0. The lowest BCUT2D eigenvalue weighted by Crippen LogP contribution is -1.91. The van der Waals surface area contributed by atoms with Gasteiger partial charge in [0, 0.05) is 0 Å². The van der Waals surface area contributed by atoms with Gasteiger partial charge in [-0.3, -0.25) is 0 Å². The van der Waals surface area contributed by atoms with E-state index in [1.165, 1.54) is 0 Å². The van der Waals surface area contributed by atoms with Crippen molar-refractivity contribution in [1.29, 1.82) is 0 Å². The van der Waals surface area contributed by atoms with Gasteiger partial charge in [0.15, 0.2) is 0 Å². The van der Waals surface area contributed by atoms with Gasteiger partial charge in [0.2, 0.25) is 0 Å². The summed E-state index contributed by atoms with van der Waals surface area (Å²) in [6.45, 7) is 3.85. The van der Waals surface area contributed by atoms with Gasteiger partial charge in [0.1, 0.15) is 11.5 Å². The minimum absolute atomic E-state index is 0.483. The molecule has 94 valence electrons. The first-order valence-corrected chi connectivity index (χ1v) is 6.65. The van der Waals surface area contributed by atoms with E-state index >= 15 is 0 Å². The third kappa shape index (κ3) is 3.71. The number of rotatable bonds is 4. The van der Waals surface area contributed by atoms with Crippen molar-refractivity contribution in [2.75, 3.05) is 0 Å². The molecule has 2 rings (SSSR count). The van der Waals surface area contributed by atoms with Crippen LogP contribution in [-0.4, -0.2) is 0 Å². The molecule has 0 heterocycles. The van der Waals surface area contributed by atoms with Gasteiger partial charge in [-0.25, -0.2) is 0 Å². The molecule has 0 saturated carbocycles. The molecule has 0 amide bonds. The van der Waals surface area contributed by atoms with E-state index in [1.807, 2.05) is 38.1 Å². The van der Waals surface area contributed by atoms with Gasteiger partial charge in [-0.2, -0.15) is 0 Å². The van der Waals surface area contributed by atoms with Crippen LogP contribution in [0, 0.1) is 13.8 Å². The fourth-order valence-corrected chi connectivity index (χ4v) is 2.12. The molecule has 0 saturated heterocycles. The van der Waals surface area contributed by atoms with Crippen LogP contribution in [0.1, 0.15) is 11.1 Å². The first-order chi connectivity index (χ1) is 8.63. The quantitative estimate of drug-likeness (QED) is 0.727. The molecular formula is C14H14FO2P. The van der Waals surface area contributed by atoms with Crippen molar-refractivity contribution in [2.24, 2.45) is 0 Å². The van der Waals surface area contributed by atoms with Gasteiger partial charge in [0.05, 0.1) is 0 Å². The highest BCUT2D eigenvalue weighted by Gasteiger charge is 2.14. The van der Waals surface area contributed by atoms with E-state index in [4.69, 9.17) is 9.05 Å². The van der Waals surface area contributed by atoms with E-state index in [2.05, 4.69) is 0 Å². The highest BCUT2D eigenvalue weighted by Crippen LogP contribution is 2.41. The minimum Gasteiger partial charge on any atom is -0.415 e. The maximum Gasteiger partial charge on any atom is 0.505 e. The van der Waals surface area contributed by atoms with E-state index in [9.17, 15) is 4.20 Å². The highest BCUT2D eigenvalue weighted by atomic mass is 31.2. The van der Waals surface area contributed by atoms with E-state index in [-0.39, 0.29) is 0 Å². The van der Waals surface area contributed by atoms with E-state index < -0.39 is 8.69 Å². The van der Waals surface area contributed by atoms with Gasteiger partial charge < -0.3 is 9.05 Å². The molecule has 0 radical (unpaired) electrons. The molecular weight excluding hydrogens is 250 g/mol. The Morgan fingerprint density at radius 2 is 1.28 bits per heavy atom. The Labute approximate surface area is 107 Å². The fraction of sp³-hybridized carbons (Fsp3) is 0.143. The SMILES string of the molecule is Cc1cccc(OP(F)Oc2cccc(C)c2)c1. The summed E-state index contributed by atoms with van der Waals surface area (Å²) in [5.41, 5.74) is 2.04. The first-order valence-electron chi connectivity index (χ1n) is 5.59. The number of hydrogen-bond acceptors (Lipinski definition) is 2. The lowest BCUT2D eigenvalue weighted by atomic mass is 10.2. The average Bonchev–Trinajstić information content (AvgIpc) is 2.28. The lowest BCUT2D eigenvalue weighted by molar-refractivity contribution is 0.439. The van der Waals surface area contributed by atoms with E-state index in [1.54, 1.807) is 24.3 Å². The maximum absolute atomic E-state index is 13.7. The summed E-state index contributed by atoms with van der Waals surface area (Å²) >= 11 is 0. The Morgan fingerprint density at radius 3 is 1.67 bits per heavy atom. The molecule has 0 spiro atoms. The molecule has 0 bridgehead atoms. The zero-order chi connectivity index (χ0) is 13.0. The molecule has 0 aliphatic carbocycles. The molecule has 0 aliphatic heterocycles. The van der Waals surface area contributed by atoms with Crippen LogP contribution in [0.3, 0.4) is 0 Å². The van der Waals surface area contributed by atoms with Gasteiger partial charge in [-0.05, 0) is 49.2 Å². The molecule has 0 fully saturated rings. The summed E-state index contributed by atoms with van der Waals surface area (Å²) in [5.74, 6) is 0.965. The predicted octanol–water partition coefficient (Wildman–Crippen LogP) is 4.96. The van der Waals surface area contributed by atoms with Crippen LogP contribution in [0.4, 0.5) is 4.20 Å². The van der Waals surface area contributed by atoms with Crippen molar-refractivity contribution in [3.05, 3.63) is 59.7 Å². The Kier molecular flexibility index (Phi) is 4.16. The van der Waals surface area contributed by atoms with E-state index in [0.717, 1.165) is 11.1 Å². The van der Waals surface area contributed by atoms with Gasteiger partial charge in [-0.15, -0.1) is 4.20 Å². The molecule has 0 atom stereocenters. The number of benzene rings is 2. The monoisotopic (exact) mass is 264 g/mol. The van der Waals surface area contributed by atoms with Crippen LogP contribution < -0.4 is 9.05 Å². The standard InChI is InChI=1S/C14H14FO2P/c1-11-5-3-7-13(9-11)16-18(15)17-14-8-4-6-12(2)10-14/h3-10H,1-2H3. The molecule has 4 heteroatoms. The summed E-state index contributed by atoms with van der Waals surface area (Å²) in [7, 11) is -2.46. The summed E-state index contributed by atoms with van der Waals surface area (Å²) in [6, 6.07) is 14.5. The summed E-state index contributed by atoms with van der Waals surface area (Å²) in [4.78, 5) is 0. The van der Waals surface area contributed by atoms with Gasteiger partial charge in [0.25, 0.3) is 0 Å². The predicted molar refractivity (Wildman–Crippen MR) is 71.6 cm³/mol. The third-order valence-corrected chi connectivity index (χ3v) is 3.04. The topological polar surface area (TPSA) is 18.5 Å². The Balaban J connectivity index is 1.98. The largest absolute Gasteiger partial charge is 0.505 e. The Bertz CT molecular complexity index is 483. The Hall–Kier alpha value is -1.60. The van der Waals surface area contributed by atoms with E-state index in [0.29, 0.717) is 11.5 Å².